The number of aryl methyl sites for hydroxylation is 2. The van der Waals surface area contributed by atoms with Gasteiger partial charge in [-0.05, 0) is 283 Å². The van der Waals surface area contributed by atoms with Gasteiger partial charge in [0.25, 0.3) is 0 Å². The summed E-state index contributed by atoms with van der Waals surface area (Å²) in [5.41, 5.74) is 38.8. The number of ketones is 2. The first-order valence-corrected chi connectivity index (χ1v) is 46.2. The van der Waals surface area contributed by atoms with Gasteiger partial charge in [0.2, 0.25) is 0 Å². The summed E-state index contributed by atoms with van der Waals surface area (Å²) in [5, 5.41) is 20.8. The van der Waals surface area contributed by atoms with Crippen molar-refractivity contribution in [1.29, 1.82) is 0 Å². The Morgan fingerprint density at radius 2 is 0.597 bits per heavy atom. The van der Waals surface area contributed by atoms with Gasteiger partial charge in [-0.25, -0.2) is 0 Å². The molecule has 4 aromatic heterocycles. The summed E-state index contributed by atoms with van der Waals surface area (Å²) in [6.07, 6.45) is 12.5. The largest absolute Gasteiger partial charge is 0.512 e. The van der Waals surface area contributed by atoms with E-state index in [9.17, 15) is 19.8 Å². The SMILES string of the molecule is C/C(O)=C/C(=O)CCc1cc(-c2ccc(-c3ccccc3)cc2)ccc1-c1cc(-c2ccccc2-c2ccc(-c3ccccn3)cc2)cc(-c2ccccc2-c2ccc(-c3cc(CC(C)(C)c4ccnc(-c5ccc(-c6ccccc6-c6cc(-c7ccccc7CCC(=O)/C=C(\O)C(C)C)cc(-c7ccccc7-c7ccc(-c8cc(C(C)(C)C)ccn8)cc7)c6)cc5)c4)ccn3)cc2)c1. The maximum atomic E-state index is 13.5. The Bertz CT molecular complexity index is 7380. The van der Waals surface area contributed by atoms with Crippen LogP contribution in [0, 0.1) is 5.92 Å². The number of hydrogen-bond donors (Lipinski definition) is 2. The van der Waals surface area contributed by atoms with Crippen LogP contribution in [-0.4, -0.2) is 41.7 Å². The number of allylic oxidation sites excluding steroid dienone is 4. The van der Waals surface area contributed by atoms with Crippen LogP contribution in [0.25, 0.3) is 179 Å². The standard InChI is InChI=1S/C126H106N4O4/c1-83(2)124(134)81-109(133)60-57-89-26-12-13-27-110(89)100-73-102(116-32-18-15-30-114(116)92-45-53-96(54-46-92)122-79-106(64-68-129-122)125(4,5)6)77-103(74-100)117-33-19-16-31-115(117)93-47-55-97(56-48-93)123-80-107(65-69-130-123)126(7,8)82-85-63-67-128-121(71-85)95-51-43-91(44-52-95)113-29-17-21-35-119(113)105-76-101(75-104(78-105)118-34-20-14-28-112(118)90-41-49-94(50-42-90)120-36-22-23-66-127-120)111-62-59-98(72-99(111)58-61-108(132)70-84(3)131)88-39-37-87(38-40-88)86-24-10-9-11-25-86/h9-56,59,62-81,83,131,134H,57-58,60-61,82H2,1-8H3/b84-70-,124-81-. The van der Waals surface area contributed by atoms with Gasteiger partial charge in [-0.1, -0.05) is 346 Å². The summed E-state index contributed by atoms with van der Waals surface area (Å²) in [4.78, 5) is 46.4. The predicted octanol–water partition coefficient (Wildman–Crippen LogP) is 32.3. The maximum Gasteiger partial charge on any atom is 0.159 e. The number of nitrogens with zero attached hydrogens (tertiary/aromatic N) is 4. The van der Waals surface area contributed by atoms with Gasteiger partial charge >= 0.3 is 0 Å². The number of pyridine rings is 4. The molecule has 18 rings (SSSR count). The molecule has 134 heavy (non-hydrogen) atoms. The molecule has 8 nitrogen and oxygen atoms in total. The fraction of sp³-hybridized carbons (Fsp3) is 0.127. The van der Waals surface area contributed by atoms with Crippen molar-refractivity contribution in [1.82, 2.24) is 19.9 Å². The van der Waals surface area contributed by atoms with Crippen molar-refractivity contribution in [3.8, 4) is 179 Å². The molecule has 0 saturated carbocycles. The Balaban J connectivity index is 0.626. The molecule has 8 heteroatoms. The van der Waals surface area contributed by atoms with E-state index in [1.165, 1.54) is 28.8 Å². The molecule has 0 aliphatic carbocycles. The molecule has 0 aliphatic rings. The third kappa shape index (κ3) is 20.3. The quantitative estimate of drug-likeness (QED) is 0.0367. The predicted molar refractivity (Wildman–Crippen MR) is 555 cm³/mol. The van der Waals surface area contributed by atoms with Crippen molar-refractivity contribution >= 4 is 11.6 Å². The minimum Gasteiger partial charge on any atom is -0.512 e. The highest BCUT2D eigenvalue weighted by Gasteiger charge is 2.26. The van der Waals surface area contributed by atoms with Crippen LogP contribution >= 0.6 is 0 Å². The van der Waals surface area contributed by atoms with Crippen LogP contribution < -0.4 is 0 Å². The molecule has 0 atom stereocenters. The van der Waals surface area contributed by atoms with Gasteiger partial charge in [0, 0.05) is 78.0 Å². The van der Waals surface area contributed by atoms with Crippen molar-refractivity contribution in [2.24, 2.45) is 5.92 Å². The number of aliphatic hydroxyl groups excluding tert-OH is 2. The number of aliphatic hydroxyl groups is 2. The molecular formula is C126H106N4O4. The van der Waals surface area contributed by atoms with Crippen molar-refractivity contribution in [3.05, 3.63) is 458 Å². The van der Waals surface area contributed by atoms with Crippen LogP contribution in [0.2, 0.25) is 0 Å². The van der Waals surface area contributed by atoms with E-state index >= 15 is 0 Å². The summed E-state index contributed by atoms with van der Waals surface area (Å²) < 4.78 is 0. The highest BCUT2D eigenvalue weighted by Crippen LogP contribution is 2.47. The van der Waals surface area contributed by atoms with E-state index in [2.05, 4.69) is 391 Å². The smallest absolute Gasteiger partial charge is 0.159 e. The molecule has 0 spiro atoms. The lowest BCUT2D eigenvalue weighted by Crippen LogP contribution is -2.20. The van der Waals surface area contributed by atoms with Gasteiger partial charge in [-0.2, -0.15) is 0 Å². The molecule has 4 heterocycles. The van der Waals surface area contributed by atoms with Crippen LogP contribution in [0.5, 0.6) is 0 Å². The third-order valence-corrected chi connectivity index (χ3v) is 25.7. The lowest BCUT2D eigenvalue weighted by molar-refractivity contribution is -0.115. The van der Waals surface area contributed by atoms with Crippen LogP contribution in [0.15, 0.2) is 431 Å². The molecule has 0 aliphatic heterocycles. The number of carbonyl (C=O) groups is 2. The number of rotatable bonds is 28. The Hall–Kier alpha value is -15.9. The zero-order valence-corrected chi connectivity index (χ0v) is 76.9. The molecule has 0 saturated heterocycles. The van der Waals surface area contributed by atoms with E-state index in [0.29, 0.717) is 12.8 Å². The fourth-order valence-electron chi connectivity index (χ4n) is 18.4. The van der Waals surface area contributed by atoms with Gasteiger partial charge in [0.05, 0.1) is 34.3 Å². The van der Waals surface area contributed by atoms with E-state index in [-0.39, 0.29) is 52.7 Å². The van der Waals surface area contributed by atoms with Crippen molar-refractivity contribution < 1.29 is 19.8 Å². The van der Waals surface area contributed by atoms with E-state index in [0.717, 1.165) is 196 Å². The monoisotopic (exact) mass is 1740 g/mol. The fourth-order valence-corrected chi connectivity index (χ4v) is 18.4. The minimum absolute atomic E-state index is 0.00902. The minimum atomic E-state index is -0.298. The first-order valence-electron chi connectivity index (χ1n) is 46.2. The van der Waals surface area contributed by atoms with E-state index in [4.69, 9.17) is 15.0 Å². The maximum absolute atomic E-state index is 13.5. The number of benzene rings is 14. The topological polar surface area (TPSA) is 126 Å². The van der Waals surface area contributed by atoms with Crippen LogP contribution in [0.3, 0.4) is 0 Å². The lowest BCUT2D eigenvalue weighted by atomic mass is 9.79. The number of aromatic nitrogens is 4. The molecule has 2 N–H and O–H groups in total. The van der Waals surface area contributed by atoms with Crippen LogP contribution in [0.4, 0.5) is 0 Å². The lowest BCUT2D eigenvalue weighted by Gasteiger charge is -2.26. The third-order valence-electron chi connectivity index (χ3n) is 25.7. The summed E-state index contributed by atoms with van der Waals surface area (Å²) in [6.45, 7) is 16.6. The van der Waals surface area contributed by atoms with Crippen molar-refractivity contribution in [2.75, 3.05) is 0 Å². The molecule has 0 fully saturated rings. The Kier molecular flexibility index (Phi) is 26.1. The second-order valence-corrected chi connectivity index (χ2v) is 36.9. The van der Waals surface area contributed by atoms with Gasteiger partial charge < -0.3 is 10.2 Å². The van der Waals surface area contributed by atoms with Crippen LogP contribution in [-0.2, 0) is 39.7 Å². The van der Waals surface area contributed by atoms with E-state index < -0.39 is 0 Å². The highest BCUT2D eigenvalue weighted by atomic mass is 16.3. The molecule has 0 unspecified atom stereocenters. The molecule has 654 valence electrons. The van der Waals surface area contributed by atoms with E-state index in [1.54, 1.807) is 6.92 Å². The Morgan fingerprint density at radius 3 is 1.03 bits per heavy atom. The first-order chi connectivity index (χ1) is 65.1. The van der Waals surface area contributed by atoms with Gasteiger partial charge in [0.15, 0.2) is 11.6 Å². The molecule has 0 bridgehead atoms. The van der Waals surface area contributed by atoms with Gasteiger partial charge in [-0.3, -0.25) is 29.5 Å². The second-order valence-electron chi connectivity index (χ2n) is 36.9. The van der Waals surface area contributed by atoms with Gasteiger partial charge in [-0.15, -0.1) is 0 Å². The highest BCUT2D eigenvalue weighted by molar-refractivity contribution is 5.97. The van der Waals surface area contributed by atoms with Crippen LogP contribution in [0.1, 0.15) is 96.0 Å². The second kappa shape index (κ2) is 39.4. The normalized spacial score (nSPS) is 11.9. The summed E-state index contributed by atoms with van der Waals surface area (Å²) in [6, 6.07) is 137. The van der Waals surface area contributed by atoms with Crippen molar-refractivity contribution in [2.45, 2.75) is 98.3 Å². The number of hydrogen-bond acceptors (Lipinski definition) is 8. The molecule has 14 aromatic carbocycles. The number of carbonyl (C=O) groups excluding carboxylic acids is 2. The molecule has 18 aromatic rings. The molecule has 0 amide bonds. The summed E-state index contributed by atoms with van der Waals surface area (Å²) in [7, 11) is 0. The Labute approximate surface area is 787 Å². The van der Waals surface area contributed by atoms with Gasteiger partial charge in [0.1, 0.15) is 0 Å². The Morgan fingerprint density at radius 1 is 0.276 bits per heavy atom. The average Bonchev–Trinajstić information content (AvgIpc) is 0.760. The average molecular weight is 1740 g/mol. The zero-order chi connectivity index (χ0) is 92.4. The first kappa shape index (κ1) is 88.7. The van der Waals surface area contributed by atoms with Crippen molar-refractivity contribution in [3.63, 3.8) is 0 Å². The van der Waals surface area contributed by atoms with E-state index in [1.807, 2.05) is 69.0 Å². The molecular weight excluding hydrogens is 1630 g/mol. The summed E-state index contributed by atoms with van der Waals surface area (Å²) >= 11 is 0. The summed E-state index contributed by atoms with van der Waals surface area (Å²) in [5.74, 6) is -0.295. The molecule has 0 radical (unpaired) electrons. The zero-order valence-electron chi connectivity index (χ0n) is 76.9.